The molecule has 0 aliphatic heterocycles. The molecule has 0 fully saturated rings. The van der Waals surface area contributed by atoms with Crippen molar-refractivity contribution in [1.82, 2.24) is 9.66 Å². The Balaban J connectivity index is 1.90. The van der Waals surface area contributed by atoms with Crippen molar-refractivity contribution in [3.63, 3.8) is 0 Å². The van der Waals surface area contributed by atoms with Gasteiger partial charge in [-0.15, -0.1) is 0 Å². The van der Waals surface area contributed by atoms with Crippen LogP contribution in [0.25, 0.3) is 22.3 Å². The number of aliphatic carboxylic acids is 1. The van der Waals surface area contributed by atoms with Gasteiger partial charge >= 0.3 is 5.97 Å². The van der Waals surface area contributed by atoms with Gasteiger partial charge in [0.1, 0.15) is 5.75 Å². The fourth-order valence-electron chi connectivity index (χ4n) is 4.36. The smallest absolute Gasteiger partial charge is 0.344 e. The van der Waals surface area contributed by atoms with Crippen LogP contribution in [0, 0.1) is 6.92 Å². The Kier molecular flexibility index (Phi) is 8.98. The molecule has 9 nitrogen and oxygen atoms in total. The van der Waals surface area contributed by atoms with E-state index in [-0.39, 0.29) is 28.0 Å². The number of halogens is 1. The average Bonchev–Trinajstić information content (AvgIpc) is 2.93. The Bertz CT molecular complexity index is 1700. The first-order valence-electron chi connectivity index (χ1n) is 13.2. The average molecular weight is 578 g/mol. The summed E-state index contributed by atoms with van der Waals surface area (Å²) in [7, 11) is 1.42. The third kappa shape index (κ3) is 6.20. The van der Waals surface area contributed by atoms with Gasteiger partial charge in [0, 0.05) is 5.56 Å². The van der Waals surface area contributed by atoms with Gasteiger partial charge in [-0.3, -0.25) is 4.79 Å². The number of aromatic nitrogens is 2. The maximum atomic E-state index is 13.7. The van der Waals surface area contributed by atoms with E-state index in [1.54, 1.807) is 30.3 Å². The molecule has 1 heterocycles. The largest absolute Gasteiger partial charge is 0.494 e. The van der Waals surface area contributed by atoms with E-state index < -0.39 is 12.1 Å². The van der Waals surface area contributed by atoms with E-state index in [0.717, 1.165) is 22.4 Å². The molecule has 4 aromatic rings. The van der Waals surface area contributed by atoms with Crippen molar-refractivity contribution in [3.8, 4) is 28.6 Å². The number of fused-ring (bicyclic) bond motifs is 1. The summed E-state index contributed by atoms with van der Waals surface area (Å²) in [6.45, 7) is 9.97. The van der Waals surface area contributed by atoms with Crippen molar-refractivity contribution < 1.29 is 24.1 Å². The van der Waals surface area contributed by atoms with E-state index in [2.05, 4.69) is 18.9 Å². The molecular formula is C31H32ClN3O6. The van der Waals surface area contributed by atoms with Crippen molar-refractivity contribution in [2.24, 2.45) is 5.10 Å². The van der Waals surface area contributed by atoms with Gasteiger partial charge in [0.15, 0.2) is 23.4 Å². The summed E-state index contributed by atoms with van der Waals surface area (Å²) >= 11 is 6.44. The van der Waals surface area contributed by atoms with Gasteiger partial charge in [-0.1, -0.05) is 37.6 Å². The summed E-state index contributed by atoms with van der Waals surface area (Å²) in [6.07, 6.45) is 0.326. The molecule has 4 rings (SSSR count). The Morgan fingerprint density at radius 2 is 1.88 bits per heavy atom. The number of carbonyl (C=O) groups is 1. The summed E-state index contributed by atoms with van der Waals surface area (Å²) in [4.78, 5) is 29.9. The lowest BCUT2D eigenvalue weighted by molar-refractivity contribution is -0.144. The molecule has 1 atom stereocenters. The number of aryl methyl sites for hydroxylation is 1. The Morgan fingerprint density at radius 3 is 2.54 bits per heavy atom. The molecular weight excluding hydrogens is 546 g/mol. The quantitative estimate of drug-likeness (QED) is 0.220. The summed E-state index contributed by atoms with van der Waals surface area (Å²) in [6, 6.07) is 14.2. The maximum absolute atomic E-state index is 13.7. The standard InChI is InChI=1S/C31H32ClN3O6/c1-7-40-26-12-18(4)23(15-22(26)17(2)3)29-34-25-11-9-8-10-21(25)30(36)35(29)33-16-20-13-24(32)28(27(14-20)39-6)41-19(5)31(37)38/h8-17,19H,7H2,1-6H3,(H,37,38)/t19-/m1/s1. The molecule has 0 saturated carbocycles. The van der Waals surface area contributed by atoms with Crippen LogP contribution < -0.4 is 19.8 Å². The number of methoxy groups -OCH3 is 1. The van der Waals surface area contributed by atoms with Crippen molar-refractivity contribution >= 4 is 34.7 Å². The number of carboxylic acids is 1. The fraction of sp³-hybridized carbons (Fsp3) is 0.290. The van der Waals surface area contributed by atoms with Crippen LogP contribution in [0.2, 0.25) is 5.02 Å². The van der Waals surface area contributed by atoms with Crippen molar-refractivity contribution in [3.05, 3.63) is 80.6 Å². The Hall–Kier alpha value is -4.37. The third-order valence-corrected chi connectivity index (χ3v) is 6.77. The predicted molar refractivity (Wildman–Crippen MR) is 160 cm³/mol. The molecule has 0 aliphatic carbocycles. The lowest BCUT2D eigenvalue weighted by Gasteiger charge is -2.18. The highest BCUT2D eigenvalue weighted by Gasteiger charge is 2.20. The molecule has 0 aliphatic rings. The molecule has 0 radical (unpaired) electrons. The number of carboxylic acid groups (broad SMARTS) is 1. The Morgan fingerprint density at radius 1 is 1.15 bits per heavy atom. The second kappa shape index (κ2) is 12.4. The highest BCUT2D eigenvalue weighted by atomic mass is 35.5. The number of nitrogens with zero attached hydrogens (tertiary/aromatic N) is 3. The van der Waals surface area contributed by atoms with E-state index in [1.165, 1.54) is 24.9 Å². The molecule has 0 saturated heterocycles. The number of para-hydroxylation sites is 1. The molecule has 214 valence electrons. The van der Waals surface area contributed by atoms with Crippen LogP contribution in [0.4, 0.5) is 0 Å². The zero-order valence-corrected chi connectivity index (χ0v) is 24.5. The van der Waals surface area contributed by atoms with Crippen LogP contribution in [0.3, 0.4) is 0 Å². The lowest BCUT2D eigenvalue weighted by Crippen LogP contribution is -2.23. The molecule has 41 heavy (non-hydrogen) atoms. The number of ether oxygens (including phenoxy) is 3. The minimum atomic E-state index is -1.14. The summed E-state index contributed by atoms with van der Waals surface area (Å²) in [5, 5.41) is 14.3. The minimum Gasteiger partial charge on any atom is -0.494 e. The van der Waals surface area contributed by atoms with Crippen LogP contribution in [0.15, 0.2) is 58.4 Å². The monoisotopic (exact) mass is 577 g/mol. The Labute approximate surface area is 243 Å². The van der Waals surface area contributed by atoms with Gasteiger partial charge in [0.2, 0.25) is 0 Å². The van der Waals surface area contributed by atoms with Gasteiger partial charge in [-0.25, -0.2) is 9.78 Å². The predicted octanol–water partition coefficient (Wildman–Crippen LogP) is 6.29. The first-order valence-corrected chi connectivity index (χ1v) is 13.5. The van der Waals surface area contributed by atoms with E-state index >= 15 is 0 Å². The second-order valence-electron chi connectivity index (χ2n) is 9.74. The SMILES string of the molecule is CCOc1cc(C)c(-c2nc3ccccc3c(=O)n2N=Cc2cc(Cl)c(O[C@H](C)C(=O)O)c(OC)c2)cc1C(C)C. The third-order valence-electron chi connectivity index (χ3n) is 6.49. The van der Waals surface area contributed by atoms with Gasteiger partial charge in [0.05, 0.1) is 35.9 Å². The van der Waals surface area contributed by atoms with E-state index in [9.17, 15) is 14.7 Å². The maximum Gasteiger partial charge on any atom is 0.344 e. The number of hydrogen-bond acceptors (Lipinski definition) is 7. The highest BCUT2D eigenvalue weighted by Crippen LogP contribution is 2.37. The zero-order chi connectivity index (χ0) is 29.8. The van der Waals surface area contributed by atoms with Crippen LogP contribution in [0.5, 0.6) is 17.2 Å². The van der Waals surface area contributed by atoms with Gasteiger partial charge in [0.25, 0.3) is 5.56 Å². The normalized spacial score (nSPS) is 12.2. The van der Waals surface area contributed by atoms with Gasteiger partial charge < -0.3 is 19.3 Å². The second-order valence-corrected chi connectivity index (χ2v) is 10.1. The van der Waals surface area contributed by atoms with Crippen LogP contribution in [-0.4, -0.2) is 46.8 Å². The number of hydrogen-bond donors (Lipinski definition) is 1. The zero-order valence-electron chi connectivity index (χ0n) is 23.8. The molecule has 10 heteroatoms. The first-order chi connectivity index (χ1) is 19.5. The summed E-state index contributed by atoms with van der Waals surface area (Å²) in [5.74, 6) is 0.510. The number of rotatable bonds is 10. The summed E-state index contributed by atoms with van der Waals surface area (Å²) < 4.78 is 18.0. The first kappa shape index (κ1) is 29.6. The minimum absolute atomic E-state index is 0.0951. The van der Waals surface area contributed by atoms with Crippen LogP contribution in [-0.2, 0) is 4.79 Å². The fourth-order valence-corrected chi connectivity index (χ4v) is 4.62. The highest BCUT2D eigenvalue weighted by molar-refractivity contribution is 6.32. The van der Waals surface area contributed by atoms with Gasteiger partial charge in [-0.2, -0.15) is 9.78 Å². The molecule has 0 unspecified atom stereocenters. The molecule has 0 bridgehead atoms. The topological polar surface area (TPSA) is 112 Å². The van der Waals surface area contributed by atoms with E-state index in [0.29, 0.717) is 28.9 Å². The summed E-state index contributed by atoms with van der Waals surface area (Å²) in [5.41, 5.74) is 3.33. The van der Waals surface area contributed by atoms with Gasteiger partial charge in [-0.05, 0) is 79.8 Å². The van der Waals surface area contributed by atoms with Crippen molar-refractivity contribution in [1.29, 1.82) is 0 Å². The lowest BCUT2D eigenvalue weighted by atomic mass is 9.96. The molecule has 3 aromatic carbocycles. The van der Waals surface area contributed by atoms with Crippen LogP contribution >= 0.6 is 11.6 Å². The molecule has 0 amide bonds. The molecule has 0 spiro atoms. The number of benzene rings is 3. The van der Waals surface area contributed by atoms with E-state index in [4.69, 9.17) is 30.8 Å². The van der Waals surface area contributed by atoms with Crippen molar-refractivity contribution in [2.45, 2.75) is 46.6 Å². The van der Waals surface area contributed by atoms with Crippen LogP contribution in [0.1, 0.15) is 50.3 Å². The van der Waals surface area contributed by atoms with Crippen molar-refractivity contribution in [2.75, 3.05) is 13.7 Å². The molecule has 1 N–H and O–H groups in total. The molecule has 1 aromatic heterocycles. The van der Waals surface area contributed by atoms with E-state index in [1.807, 2.05) is 32.0 Å².